The van der Waals surface area contributed by atoms with E-state index in [4.69, 9.17) is 0 Å². The van der Waals surface area contributed by atoms with E-state index in [1.165, 1.54) is 17.5 Å². The summed E-state index contributed by atoms with van der Waals surface area (Å²) in [7, 11) is 0. The van der Waals surface area contributed by atoms with Gasteiger partial charge in [-0.15, -0.1) is 0 Å². The summed E-state index contributed by atoms with van der Waals surface area (Å²) >= 11 is 0. The summed E-state index contributed by atoms with van der Waals surface area (Å²) in [6.45, 7) is 6.84. The van der Waals surface area contributed by atoms with Crippen LogP contribution in [0.4, 0.5) is 0 Å². The third-order valence-electron chi connectivity index (χ3n) is 7.26. The molecule has 0 saturated heterocycles. The number of hydrogen-bond acceptors (Lipinski definition) is 1. The second-order valence-electron chi connectivity index (χ2n) is 8.39. The van der Waals surface area contributed by atoms with Gasteiger partial charge in [0.1, 0.15) is 5.78 Å². The molecule has 2 aliphatic carbocycles. The fourth-order valence-electron chi connectivity index (χ4n) is 5.47. The second-order valence-corrected chi connectivity index (χ2v) is 8.39. The molecule has 0 aliphatic heterocycles. The first-order valence-corrected chi connectivity index (χ1v) is 9.11. The number of fused-ring (bicyclic) bond motifs is 2. The van der Waals surface area contributed by atoms with E-state index in [2.05, 4.69) is 81.4 Å². The van der Waals surface area contributed by atoms with Crippen molar-refractivity contribution in [3.63, 3.8) is 0 Å². The summed E-state index contributed by atoms with van der Waals surface area (Å²) in [6, 6.07) is 21.2. The average molecular weight is 318 g/mol. The normalized spacial score (nSPS) is 30.9. The SMILES string of the molecule is CC1(C)[C@H]2CC[C@]1(C)C(=O)[C@@H]2C(c1ccccc1)c1ccccc1. The van der Waals surface area contributed by atoms with E-state index in [0.29, 0.717) is 11.7 Å². The fourth-order valence-corrected chi connectivity index (χ4v) is 5.47. The van der Waals surface area contributed by atoms with Crippen LogP contribution in [0.1, 0.15) is 50.7 Å². The van der Waals surface area contributed by atoms with Crippen LogP contribution in [-0.4, -0.2) is 5.78 Å². The topological polar surface area (TPSA) is 17.1 Å². The van der Waals surface area contributed by atoms with Gasteiger partial charge < -0.3 is 0 Å². The average Bonchev–Trinajstić information content (AvgIpc) is 2.91. The molecular weight excluding hydrogens is 292 g/mol. The van der Waals surface area contributed by atoms with Gasteiger partial charge in [0.25, 0.3) is 0 Å². The lowest BCUT2D eigenvalue weighted by Crippen LogP contribution is -2.35. The van der Waals surface area contributed by atoms with Crippen molar-refractivity contribution in [3.8, 4) is 0 Å². The van der Waals surface area contributed by atoms with Crippen molar-refractivity contribution >= 4 is 5.78 Å². The summed E-state index contributed by atoms with van der Waals surface area (Å²) < 4.78 is 0. The smallest absolute Gasteiger partial charge is 0.143 e. The molecule has 2 aliphatic rings. The third kappa shape index (κ3) is 1.97. The van der Waals surface area contributed by atoms with E-state index in [0.717, 1.165) is 6.42 Å². The number of benzene rings is 2. The Morgan fingerprint density at radius 3 is 1.79 bits per heavy atom. The Bertz CT molecular complexity index is 707. The summed E-state index contributed by atoms with van der Waals surface area (Å²) in [6.07, 6.45) is 2.23. The molecule has 0 amide bonds. The fraction of sp³-hybridized carbons (Fsp3) is 0.435. The molecule has 4 rings (SSSR count). The molecule has 124 valence electrons. The van der Waals surface area contributed by atoms with Crippen LogP contribution >= 0.6 is 0 Å². The summed E-state index contributed by atoms with van der Waals surface area (Å²) in [5, 5.41) is 0. The number of hydrogen-bond donors (Lipinski definition) is 0. The molecule has 0 unspecified atom stereocenters. The van der Waals surface area contributed by atoms with Crippen molar-refractivity contribution in [3.05, 3.63) is 71.8 Å². The van der Waals surface area contributed by atoms with Gasteiger partial charge in [0.05, 0.1) is 0 Å². The van der Waals surface area contributed by atoms with E-state index >= 15 is 0 Å². The van der Waals surface area contributed by atoms with Crippen LogP contribution in [0.3, 0.4) is 0 Å². The Hall–Kier alpha value is -1.89. The quantitative estimate of drug-likeness (QED) is 0.734. The predicted molar refractivity (Wildman–Crippen MR) is 97.8 cm³/mol. The maximum Gasteiger partial charge on any atom is 0.143 e. The molecule has 2 saturated carbocycles. The zero-order valence-electron chi connectivity index (χ0n) is 14.8. The van der Waals surface area contributed by atoms with Gasteiger partial charge in [0.2, 0.25) is 0 Å². The molecule has 0 aromatic heterocycles. The summed E-state index contributed by atoms with van der Waals surface area (Å²) in [5.41, 5.74) is 2.48. The lowest BCUT2D eigenvalue weighted by atomic mass is 9.70. The molecule has 1 nitrogen and oxygen atoms in total. The van der Waals surface area contributed by atoms with Gasteiger partial charge in [0.15, 0.2) is 0 Å². The highest BCUT2D eigenvalue weighted by Gasteiger charge is 2.67. The third-order valence-corrected chi connectivity index (χ3v) is 7.26. The standard InChI is InChI=1S/C23H26O/c1-22(2)18-14-15-23(22,3)21(24)20(18)19(16-10-6-4-7-11-16)17-12-8-5-9-13-17/h4-13,18-20H,14-15H2,1-3H3/t18-,20-,23+/m0/s1. The Morgan fingerprint density at radius 1 is 0.875 bits per heavy atom. The minimum absolute atomic E-state index is 0.0938. The van der Waals surface area contributed by atoms with Gasteiger partial charge in [-0.3, -0.25) is 4.79 Å². The van der Waals surface area contributed by atoms with Gasteiger partial charge in [-0.2, -0.15) is 0 Å². The maximum atomic E-state index is 13.5. The minimum atomic E-state index is -0.163. The van der Waals surface area contributed by atoms with Crippen LogP contribution in [0.15, 0.2) is 60.7 Å². The maximum absolute atomic E-state index is 13.5. The highest BCUT2D eigenvalue weighted by molar-refractivity contribution is 5.93. The number of ketones is 1. The van der Waals surface area contributed by atoms with Gasteiger partial charge in [-0.25, -0.2) is 0 Å². The Balaban J connectivity index is 1.86. The molecule has 0 spiro atoms. The first kappa shape index (κ1) is 15.6. The molecule has 0 N–H and O–H groups in total. The first-order chi connectivity index (χ1) is 11.5. The van der Waals surface area contributed by atoms with Crippen molar-refractivity contribution in [2.24, 2.45) is 22.7 Å². The molecule has 0 heterocycles. The van der Waals surface area contributed by atoms with E-state index in [-0.39, 0.29) is 22.7 Å². The lowest BCUT2D eigenvalue weighted by Gasteiger charge is -2.32. The van der Waals surface area contributed by atoms with E-state index < -0.39 is 0 Å². The van der Waals surface area contributed by atoms with Gasteiger partial charge in [-0.1, -0.05) is 81.4 Å². The monoisotopic (exact) mass is 318 g/mol. The van der Waals surface area contributed by atoms with Crippen LogP contribution in [0.5, 0.6) is 0 Å². The molecule has 3 atom stereocenters. The van der Waals surface area contributed by atoms with Crippen molar-refractivity contribution < 1.29 is 4.79 Å². The first-order valence-electron chi connectivity index (χ1n) is 9.11. The van der Waals surface area contributed by atoms with E-state index in [1.807, 2.05) is 0 Å². The molecule has 24 heavy (non-hydrogen) atoms. The molecular formula is C23H26O. The largest absolute Gasteiger partial charge is 0.299 e. The number of Topliss-reactive ketones (excluding diaryl/α,β-unsaturated/α-hetero) is 1. The zero-order chi connectivity index (χ0) is 16.9. The van der Waals surface area contributed by atoms with Crippen molar-refractivity contribution in [1.82, 2.24) is 0 Å². The molecule has 0 radical (unpaired) electrons. The Morgan fingerprint density at radius 2 is 1.38 bits per heavy atom. The number of carbonyl (C=O) groups is 1. The molecule has 2 fully saturated rings. The summed E-state index contributed by atoms with van der Waals surface area (Å²) in [4.78, 5) is 13.5. The zero-order valence-corrected chi connectivity index (χ0v) is 14.8. The van der Waals surface area contributed by atoms with Crippen molar-refractivity contribution in [2.75, 3.05) is 0 Å². The summed E-state index contributed by atoms with van der Waals surface area (Å²) in [5.74, 6) is 1.23. The van der Waals surface area contributed by atoms with Gasteiger partial charge in [-0.05, 0) is 35.3 Å². The van der Waals surface area contributed by atoms with E-state index in [9.17, 15) is 4.79 Å². The molecule has 2 aromatic carbocycles. The van der Waals surface area contributed by atoms with Crippen molar-refractivity contribution in [1.29, 1.82) is 0 Å². The second kappa shape index (κ2) is 5.31. The van der Waals surface area contributed by atoms with Crippen molar-refractivity contribution in [2.45, 2.75) is 39.5 Å². The highest BCUT2D eigenvalue weighted by Crippen LogP contribution is 2.68. The molecule has 2 bridgehead atoms. The predicted octanol–water partition coefficient (Wildman–Crippen LogP) is 5.46. The number of carbonyl (C=O) groups excluding carboxylic acids is 1. The van der Waals surface area contributed by atoms with Crippen LogP contribution in [0, 0.1) is 22.7 Å². The van der Waals surface area contributed by atoms with Crippen LogP contribution in [-0.2, 0) is 4.79 Å². The van der Waals surface area contributed by atoms with Crippen LogP contribution < -0.4 is 0 Å². The lowest BCUT2D eigenvalue weighted by molar-refractivity contribution is -0.132. The Kier molecular flexibility index (Phi) is 3.46. The van der Waals surface area contributed by atoms with E-state index in [1.54, 1.807) is 0 Å². The highest BCUT2D eigenvalue weighted by atomic mass is 16.1. The van der Waals surface area contributed by atoms with Gasteiger partial charge >= 0.3 is 0 Å². The molecule has 1 heteroatoms. The van der Waals surface area contributed by atoms with Crippen LogP contribution in [0.25, 0.3) is 0 Å². The number of rotatable bonds is 3. The minimum Gasteiger partial charge on any atom is -0.299 e. The van der Waals surface area contributed by atoms with Gasteiger partial charge in [0, 0.05) is 17.3 Å². The molecule has 2 aromatic rings. The van der Waals surface area contributed by atoms with Crippen LogP contribution in [0.2, 0.25) is 0 Å². The Labute approximate surface area is 145 Å².